The fraction of sp³-hybridized carbons (Fsp3) is 0.941. The third-order valence-electron chi connectivity index (χ3n) is 5.42. The van der Waals surface area contributed by atoms with E-state index < -0.39 is 0 Å². The van der Waals surface area contributed by atoms with Crippen molar-refractivity contribution in [3.63, 3.8) is 0 Å². The van der Waals surface area contributed by atoms with Gasteiger partial charge in [0.2, 0.25) is 5.91 Å². The largest absolute Gasteiger partial charge is 0.373 e. The van der Waals surface area contributed by atoms with Gasteiger partial charge in [-0.2, -0.15) is 0 Å². The topological polar surface area (TPSA) is 41.6 Å². The van der Waals surface area contributed by atoms with Gasteiger partial charge >= 0.3 is 0 Å². The zero-order valence-corrected chi connectivity index (χ0v) is 14.3. The molecule has 2 fully saturated rings. The molecule has 1 aliphatic carbocycles. The van der Waals surface area contributed by atoms with Crippen LogP contribution >= 0.6 is 0 Å². The van der Waals surface area contributed by atoms with Crippen molar-refractivity contribution in [2.75, 3.05) is 19.7 Å². The molecule has 0 aromatic heterocycles. The summed E-state index contributed by atoms with van der Waals surface area (Å²) in [7, 11) is 0. The van der Waals surface area contributed by atoms with Crippen LogP contribution in [0, 0.1) is 11.8 Å². The molecular formula is C17H32N2O2. The first-order valence-electron chi connectivity index (χ1n) is 8.48. The molecule has 4 heteroatoms. The summed E-state index contributed by atoms with van der Waals surface area (Å²) in [6.07, 6.45) is 3.65. The maximum atomic E-state index is 12.6. The molecule has 0 bridgehead atoms. The van der Waals surface area contributed by atoms with E-state index >= 15 is 0 Å². The third-order valence-corrected chi connectivity index (χ3v) is 5.42. The lowest BCUT2D eigenvalue weighted by atomic mass is 9.78. The van der Waals surface area contributed by atoms with Crippen LogP contribution in [-0.4, -0.2) is 48.2 Å². The van der Waals surface area contributed by atoms with Crippen LogP contribution in [0.1, 0.15) is 53.9 Å². The van der Waals surface area contributed by atoms with Gasteiger partial charge in [0.05, 0.1) is 18.2 Å². The molecule has 2 rings (SSSR count). The van der Waals surface area contributed by atoms with Gasteiger partial charge in [0.15, 0.2) is 0 Å². The fourth-order valence-electron chi connectivity index (χ4n) is 3.64. The molecule has 1 amide bonds. The van der Waals surface area contributed by atoms with E-state index in [0.717, 1.165) is 19.5 Å². The second-order valence-electron chi connectivity index (χ2n) is 7.64. The molecule has 1 heterocycles. The quantitative estimate of drug-likeness (QED) is 0.869. The highest BCUT2D eigenvalue weighted by Gasteiger charge is 2.34. The number of nitrogens with one attached hydrogen (secondary N) is 1. The molecule has 1 saturated heterocycles. The molecule has 2 aliphatic rings. The molecule has 0 aromatic rings. The predicted octanol–water partition coefficient (Wildman–Crippen LogP) is 2.43. The molecule has 1 saturated carbocycles. The lowest BCUT2D eigenvalue weighted by molar-refractivity contribution is -0.135. The maximum Gasteiger partial charge on any atom is 0.237 e. The summed E-state index contributed by atoms with van der Waals surface area (Å²) in [4.78, 5) is 14.8. The van der Waals surface area contributed by atoms with E-state index in [1.165, 1.54) is 12.8 Å². The van der Waals surface area contributed by atoms with Crippen LogP contribution in [0.5, 0.6) is 0 Å². The molecule has 1 aliphatic heterocycles. The van der Waals surface area contributed by atoms with Crippen LogP contribution in [0.4, 0.5) is 0 Å². The van der Waals surface area contributed by atoms with Crippen molar-refractivity contribution in [3.05, 3.63) is 0 Å². The predicted molar refractivity (Wildman–Crippen MR) is 85.2 cm³/mol. The minimum atomic E-state index is -0.153. The third kappa shape index (κ3) is 4.19. The van der Waals surface area contributed by atoms with Crippen LogP contribution in [0.2, 0.25) is 0 Å². The summed E-state index contributed by atoms with van der Waals surface area (Å²) in [6.45, 7) is 13.2. The van der Waals surface area contributed by atoms with Crippen molar-refractivity contribution in [1.82, 2.24) is 10.2 Å². The summed E-state index contributed by atoms with van der Waals surface area (Å²) < 4.78 is 5.73. The van der Waals surface area contributed by atoms with Gasteiger partial charge < -0.3 is 10.1 Å². The zero-order valence-electron chi connectivity index (χ0n) is 14.3. The van der Waals surface area contributed by atoms with Crippen molar-refractivity contribution in [1.29, 1.82) is 0 Å². The van der Waals surface area contributed by atoms with Crippen molar-refractivity contribution in [3.8, 4) is 0 Å². The SMILES string of the molecule is CC1CCCC(NC(=O)C(C)N2CCOC(C)(C)C2)C1C. The van der Waals surface area contributed by atoms with Gasteiger partial charge in [-0.05, 0) is 39.0 Å². The first kappa shape index (κ1) is 16.8. The van der Waals surface area contributed by atoms with E-state index in [0.29, 0.717) is 24.5 Å². The van der Waals surface area contributed by atoms with Gasteiger partial charge in [0.25, 0.3) is 0 Å². The number of carbonyl (C=O) groups is 1. The number of nitrogens with zero attached hydrogens (tertiary/aromatic N) is 1. The Morgan fingerprint density at radius 2 is 2.05 bits per heavy atom. The molecule has 0 radical (unpaired) electrons. The fourth-order valence-corrected chi connectivity index (χ4v) is 3.64. The molecule has 21 heavy (non-hydrogen) atoms. The minimum Gasteiger partial charge on any atom is -0.373 e. The molecule has 0 spiro atoms. The molecule has 4 nitrogen and oxygen atoms in total. The Hall–Kier alpha value is -0.610. The zero-order chi connectivity index (χ0) is 15.6. The van der Waals surface area contributed by atoms with Crippen molar-refractivity contribution in [2.45, 2.75) is 71.6 Å². The lowest BCUT2D eigenvalue weighted by Crippen LogP contribution is -2.57. The number of rotatable bonds is 3. The Morgan fingerprint density at radius 3 is 2.71 bits per heavy atom. The van der Waals surface area contributed by atoms with Gasteiger partial charge in [0.1, 0.15) is 0 Å². The summed E-state index contributed by atoms with van der Waals surface area (Å²) in [5.74, 6) is 1.47. The minimum absolute atomic E-state index is 0.0717. The van der Waals surface area contributed by atoms with Gasteiger partial charge in [0, 0.05) is 19.1 Å². The highest BCUT2D eigenvalue weighted by Crippen LogP contribution is 2.29. The van der Waals surface area contributed by atoms with Crippen LogP contribution in [-0.2, 0) is 9.53 Å². The normalized spacial score (nSPS) is 35.2. The number of ether oxygens (including phenoxy) is 1. The van der Waals surface area contributed by atoms with Crippen LogP contribution < -0.4 is 5.32 Å². The first-order valence-corrected chi connectivity index (χ1v) is 8.48. The lowest BCUT2D eigenvalue weighted by Gasteiger charge is -2.41. The van der Waals surface area contributed by atoms with E-state index in [1.807, 2.05) is 6.92 Å². The Bertz CT molecular complexity index is 370. The maximum absolute atomic E-state index is 12.6. The van der Waals surface area contributed by atoms with E-state index in [-0.39, 0.29) is 17.6 Å². The number of morpholine rings is 1. The van der Waals surface area contributed by atoms with E-state index in [9.17, 15) is 4.79 Å². The van der Waals surface area contributed by atoms with Crippen LogP contribution in [0.15, 0.2) is 0 Å². The van der Waals surface area contributed by atoms with Crippen molar-refractivity contribution in [2.24, 2.45) is 11.8 Å². The second kappa shape index (κ2) is 6.66. The Labute approximate surface area is 129 Å². The number of hydrogen-bond acceptors (Lipinski definition) is 3. The van der Waals surface area contributed by atoms with Crippen LogP contribution in [0.25, 0.3) is 0 Å². The average Bonchev–Trinajstić information content (AvgIpc) is 2.42. The summed E-state index contributed by atoms with van der Waals surface area (Å²) in [6, 6.07) is 0.273. The average molecular weight is 296 g/mol. The monoisotopic (exact) mass is 296 g/mol. The summed E-state index contributed by atoms with van der Waals surface area (Å²) >= 11 is 0. The van der Waals surface area contributed by atoms with Crippen LogP contribution in [0.3, 0.4) is 0 Å². The summed E-state index contributed by atoms with van der Waals surface area (Å²) in [5, 5.41) is 3.30. The molecule has 0 aromatic carbocycles. The highest BCUT2D eigenvalue weighted by atomic mass is 16.5. The Kier molecular flexibility index (Phi) is 5.31. The molecule has 122 valence electrons. The first-order chi connectivity index (χ1) is 9.80. The van der Waals surface area contributed by atoms with E-state index in [2.05, 4.69) is 37.9 Å². The van der Waals surface area contributed by atoms with Gasteiger partial charge in [-0.15, -0.1) is 0 Å². The van der Waals surface area contributed by atoms with E-state index in [4.69, 9.17) is 4.74 Å². The standard InChI is InChI=1S/C17H32N2O2/c1-12-7-6-8-15(13(12)2)18-16(20)14(3)19-9-10-21-17(4,5)11-19/h12-15H,6-11H2,1-5H3,(H,18,20). The van der Waals surface area contributed by atoms with Gasteiger partial charge in [-0.25, -0.2) is 0 Å². The molecule has 4 unspecified atom stereocenters. The molecular weight excluding hydrogens is 264 g/mol. The highest BCUT2D eigenvalue weighted by molar-refractivity contribution is 5.81. The number of carbonyl (C=O) groups excluding carboxylic acids is 1. The van der Waals surface area contributed by atoms with Gasteiger partial charge in [-0.3, -0.25) is 9.69 Å². The van der Waals surface area contributed by atoms with Crippen molar-refractivity contribution >= 4 is 5.91 Å². The Balaban J connectivity index is 1.90. The second-order valence-corrected chi connectivity index (χ2v) is 7.64. The number of amides is 1. The van der Waals surface area contributed by atoms with E-state index in [1.54, 1.807) is 0 Å². The van der Waals surface area contributed by atoms with Gasteiger partial charge in [-0.1, -0.05) is 26.7 Å². The molecule has 4 atom stereocenters. The Morgan fingerprint density at radius 1 is 1.33 bits per heavy atom. The molecule has 1 N–H and O–H groups in total. The summed E-state index contributed by atoms with van der Waals surface area (Å²) in [5.41, 5.74) is -0.153. The smallest absolute Gasteiger partial charge is 0.237 e. The number of hydrogen-bond donors (Lipinski definition) is 1. The van der Waals surface area contributed by atoms with Crippen molar-refractivity contribution < 1.29 is 9.53 Å².